The number of nitrogens with two attached hydrogens (primary N) is 2. The van der Waals surface area contributed by atoms with Gasteiger partial charge >= 0.3 is 0 Å². The van der Waals surface area contributed by atoms with E-state index in [1.165, 1.54) is 13.2 Å². The molecule has 0 aliphatic carbocycles. The molecule has 0 unspecified atom stereocenters. The van der Waals surface area contributed by atoms with Crippen molar-refractivity contribution in [2.24, 2.45) is 11.5 Å². The van der Waals surface area contributed by atoms with Gasteiger partial charge in [-0.15, -0.1) is 0 Å². The molecule has 0 bridgehead atoms. The molecule has 0 aliphatic heterocycles. The summed E-state index contributed by atoms with van der Waals surface area (Å²) in [5.41, 5.74) is 10.5. The average Bonchev–Trinajstić information content (AvgIpc) is 2.18. The second-order valence-corrected chi connectivity index (χ2v) is 2.82. The first-order valence-electron chi connectivity index (χ1n) is 4.09. The topological polar surface area (TPSA) is 61.3 Å². The molecule has 0 aliphatic rings. The van der Waals surface area contributed by atoms with Crippen molar-refractivity contribution in [1.82, 2.24) is 0 Å². The summed E-state index contributed by atoms with van der Waals surface area (Å²) in [5, 5.41) is 0. The third-order valence-corrected chi connectivity index (χ3v) is 1.94. The van der Waals surface area contributed by atoms with Crippen molar-refractivity contribution >= 4 is 0 Å². The second-order valence-electron chi connectivity index (χ2n) is 2.82. The summed E-state index contributed by atoms with van der Waals surface area (Å²) in [6, 6.07) is 1.45. The lowest BCUT2D eigenvalue weighted by Gasteiger charge is -2.13. The van der Waals surface area contributed by atoms with Crippen LogP contribution in [0.25, 0.3) is 0 Å². The van der Waals surface area contributed by atoms with Gasteiger partial charge in [0.2, 0.25) is 0 Å². The van der Waals surface area contributed by atoms with Gasteiger partial charge in [-0.1, -0.05) is 0 Å². The highest BCUT2D eigenvalue weighted by Crippen LogP contribution is 2.26. The van der Waals surface area contributed by atoms with Crippen LogP contribution in [0.15, 0.2) is 12.1 Å². The fraction of sp³-hybridized carbons (Fsp3) is 0.333. The lowest BCUT2D eigenvalue weighted by atomic mass is 10.1. The molecule has 0 saturated carbocycles. The number of benzene rings is 1. The molecule has 0 radical (unpaired) electrons. The van der Waals surface area contributed by atoms with Crippen molar-refractivity contribution in [2.45, 2.75) is 6.04 Å². The molecule has 1 atom stereocenters. The Bertz CT molecular complexity index is 331. The molecule has 14 heavy (non-hydrogen) atoms. The van der Waals surface area contributed by atoms with Crippen molar-refractivity contribution < 1.29 is 13.5 Å². The van der Waals surface area contributed by atoms with Crippen LogP contribution in [0.5, 0.6) is 5.75 Å². The Morgan fingerprint density at radius 1 is 1.43 bits per heavy atom. The van der Waals surface area contributed by atoms with E-state index in [1.54, 1.807) is 0 Å². The SMILES string of the molecule is COc1ccc(F)c([C@@H](N)CN)c1F. The van der Waals surface area contributed by atoms with E-state index in [9.17, 15) is 8.78 Å². The van der Waals surface area contributed by atoms with E-state index < -0.39 is 17.7 Å². The van der Waals surface area contributed by atoms with Crippen LogP contribution in [-0.2, 0) is 0 Å². The second kappa shape index (κ2) is 4.34. The molecular formula is C9H12F2N2O. The van der Waals surface area contributed by atoms with E-state index >= 15 is 0 Å². The first-order valence-corrected chi connectivity index (χ1v) is 4.09. The minimum absolute atomic E-state index is 0.0268. The van der Waals surface area contributed by atoms with Gasteiger partial charge in [0.25, 0.3) is 0 Å². The third kappa shape index (κ3) is 1.83. The lowest BCUT2D eigenvalue weighted by Crippen LogP contribution is -2.23. The Hall–Kier alpha value is -1.20. The first-order chi connectivity index (χ1) is 6.61. The van der Waals surface area contributed by atoms with Gasteiger partial charge in [-0.05, 0) is 12.1 Å². The monoisotopic (exact) mass is 202 g/mol. The summed E-state index contributed by atoms with van der Waals surface area (Å²) in [4.78, 5) is 0. The molecule has 78 valence electrons. The number of hydrogen-bond donors (Lipinski definition) is 2. The molecule has 1 aromatic rings. The van der Waals surface area contributed by atoms with Crippen LogP contribution < -0.4 is 16.2 Å². The molecule has 1 aromatic carbocycles. The minimum atomic E-state index is -0.856. The average molecular weight is 202 g/mol. The number of halogens is 2. The van der Waals surface area contributed by atoms with Gasteiger partial charge in [0.05, 0.1) is 7.11 Å². The van der Waals surface area contributed by atoms with Crippen molar-refractivity contribution in [3.05, 3.63) is 29.3 Å². The van der Waals surface area contributed by atoms with Crippen molar-refractivity contribution in [2.75, 3.05) is 13.7 Å². The predicted molar refractivity (Wildman–Crippen MR) is 48.9 cm³/mol. The van der Waals surface area contributed by atoms with Crippen LogP contribution in [0, 0.1) is 11.6 Å². The van der Waals surface area contributed by atoms with Gasteiger partial charge in [-0.3, -0.25) is 0 Å². The van der Waals surface area contributed by atoms with Crippen molar-refractivity contribution in [1.29, 1.82) is 0 Å². The molecule has 0 spiro atoms. The van der Waals surface area contributed by atoms with Crippen LogP contribution in [0.2, 0.25) is 0 Å². The maximum absolute atomic E-state index is 13.5. The van der Waals surface area contributed by atoms with E-state index in [2.05, 4.69) is 0 Å². The number of methoxy groups -OCH3 is 1. The summed E-state index contributed by atoms with van der Waals surface area (Å²) in [5.74, 6) is -1.53. The van der Waals surface area contributed by atoms with Crippen LogP contribution in [0.3, 0.4) is 0 Å². The largest absolute Gasteiger partial charge is 0.494 e. The molecule has 0 amide bonds. The Balaban J connectivity index is 3.25. The van der Waals surface area contributed by atoms with Gasteiger partial charge in [0.15, 0.2) is 11.6 Å². The Morgan fingerprint density at radius 3 is 2.57 bits per heavy atom. The lowest BCUT2D eigenvalue weighted by molar-refractivity contribution is 0.378. The van der Waals surface area contributed by atoms with Gasteiger partial charge in [0, 0.05) is 18.2 Å². The molecule has 0 saturated heterocycles. The zero-order valence-corrected chi connectivity index (χ0v) is 7.76. The molecule has 0 heterocycles. The van der Waals surface area contributed by atoms with Gasteiger partial charge in [-0.2, -0.15) is 0 Å². The van der Waals surface area contributed by atoms with Crippen LogP contribution in [-0.4, -0.2) is 13.7 Å². The summed E-state index contributed by atoms with van der Waals surface area (Å²) in [6.45, 7) is -0.0268. The summed E-state index contributed by atoms with van der Waals surface area (Å²) in [6.07, 6.45) is 0. The van der Waals surface area contributed by atoms with Gasteiger partial charge < -0.3 is 16.2 Å². The summed E-state index contributed by atoms with van der Waals surface area (Å²) >= 11 is 0. The first kappa shape index (κ1) is 10.9. The highest BCUT2D eigenvalue weighted by molar-refractivity contribution is 5.34. The normalized spacial score (nSPS) is 12.6. The number of ether oxygens (including phenoxy) is 1. The molecule has 0 aromatic heterocycles. The van der Waals surface area contributed by atoms with Crippen LogP contribution in [0.1, 0.15) is 11.6 Å². The zero-order valence-electron chi connectivity index (χ0n) is 7.76. The smallest absolute Gasteiger partial charge is 0.172 e. The highest BCUT2D eigenvalue weighted by Gasteiger charge is 2.18. The maximum atomic E-state index is 13.5. The highest BCUT2D eigenvalue weighted by atomic mass is 19.1. The fourth-order valence-electron chi connectivity index (χ4n) is 1.16. The predicted octanol–water partition coefficient (Wildman–Crippen LogP) is 0.932. The summed E-state index contributed by atoms with van der Waals surface area (Å²) in [7, 11) is 1.30. The standard InChI is InChI=1S/C9H12F2N2O/c1-14-7-3-2-5(10)8(9(7)11)6(13)4-12/h2-3,6H,4,12-13H2,1H3/t6-/m0/s1. The van der Waals surface area contributed by atoms with Gasteiger partial charge in [-0.25, -0.2) is 8.78 Å². The third-order valence-electron chi connectivity index (χ3n) is 1.94. The molecule has 0 fully saturated rings. The molecule has 5 heteroatoms. The van der Waals surface area contributed by atoms with E-state index in [1.807, 2.05) is 0 Å². The van der Waals surface area contributed by atoms with Crippen LogP contribution in [0.4, 0.5) is 8.78 Å². The van der Waals surface area contributed by atoms with E-state index in [0.29, 0.717) is 0 Å². The number of hydrogen-bond acceptors (Lipinski definition) is 3. The van der Waals surface area contributed by atoms with E-state index in [-0.39, 0.29) is 17.9 Å². The van der Waals surface area contributed by atoms with Crippen LogP contribution >= 0.6 is 0 Å². The molecular weight excluding hydrogens is 190 g/mol. The maximum Gasteiger partial charge on any atom is 0.172 e. The number of rotatable bonds is 3. The minimum Gasteiger partial charge on any atom is -0.494 e. The zero-order chi connectivity index (χ0) is 10.7. The van der Waals surface area contributed by atoms with Crippen molar-refractivity contribution in [3.63, 3.8) is 0 Å². The molecule has 1 rings (SSSR count). The quantitative estimate of drug-likeness (QED) is 0.766. The Morgan fingerprint density at radius 2 is 2.07 bits per heavy atom. The van der Waals surface area contributed by atoms with Gasteiger partial charge in [0.1, 0.15) is 5.82 Å². The van der Waals surface area contributed by atoms with E-state index in [4.69, 9.17) is 16.2 Å². The Labute approximate surface area is 80.7 Å². The Kier molecular flexibility index (Phi) is 3.38. The van der Waals surface area contributed by atoms with E-state index in [0.717, 1.165) is 6.07 Å². The summed E-state index contributed by atoms with van der Waals surface area (Å²) < 4.78 is 31.3. The fourth-order valence-corrected chi connectivity index (χ4v) is 1.16. The van der Waals surface area contributed by atoms with Crippen molar-refractivity contribution in [3.8, 4) is 5.75 Å². The molecule has 3 nitrogen and oxygen atoms in total. The molecule has 4 N–H and O–H groups in total.